The average Bonchev–Trinajstić information content (AvgIpc) is 2.94. The molecule has 3 rings (SSSR count). The van der Waals surface area contributed by atoms with Crippen LogP contribution in [0.3, 0.4) is 0 Å². The fourth-order valence-corrected chi connectivity index (χ4v) is 2.61. The van der Waals surface area contributed by atoms with Crippen LogP contribution in [0.4, 0.5) is 0 Å². The number of pyridine rings is 1. The van der Waals surface area contributed by atoms with Gasteiger partial charge in [-0.05, 0) is 46.6 Å². The Kier molecular flexibility index (Phi) is 4.31. The molecule has 2 aromatic heterocycles. The highest BCUT2D eigenvalue weighted by molar-refractivity contribution is 9.10. The van der Waals surface area contributed by atoms with Crippen molar-refractivity contribution < 1.29 is 0 Å². The third kappa shape index (κ3) is 3.14. The van der Waals surface area contributed by atoms with Gasteiger partial charge in [-0.2, -0.15) is 5.10 Å². The summed E-state index contributed by atoms with van der Waals surface area (Å²) in [6.07, 6.45) is 4.81. The van der Waals surface area contributed by atoms with Gasteiger partial charge in [-0.15, -0.1) is 0 Å². The van der Waals surface area contributed by atoms with Crippen molar-refractivity contribution in [2.24, 2.45) is 0 Å². The van der Waals surface area contributed by atoms with E-state index in [0.717, 1.165) is 35.3 Å². The first kappa shape index (κ1) is 14.2. The Morgan fingerprint density at radius 2 is 2.14 bits per heavy atom. The minimum absolute atomic E-state index is 0.840. The second-order valence-electron chi connectivity index (χ2n) is 4.94. The van der Waals surface area contributed by atoms with E-state index in [1.165, 1.54) is 10.9 Å². The van der Waals surface area contributed by atoms with E-state index in [1.54, 1.807) is 10.9 Å². The number of benzene rings is 1. The van der Waals surface area contributed by atoms with E-state index in [9.17, 15) is 0 Å². The molecule has 0 unspecified atom stereocenters. The molecule has 3 aromatic rings. The fraction of sp³-hybridized carbons (Fsp3) is 0.250. The van der Waals surface area contributed by atoms with Crippen LogP contribution in [-0.4, -0.2) is 21.3 Å². The molecule has 0 atom stereocenters. The maximum atomic E-state index is 4.70. The molecule has 1 N–H and O–H groups in total. The van der Waals surface area contributed by atoms with Crippen LogP contribution in [0, 0.1) is 0 Å². The average molecular weight is 345 g/mol. The van der Waals surface area contributed by atoms with Crippen molar-refractivity contribution in [1.82, 2.24) is 20.1 Å². The minimum Gasteiger partial charge on any atom is -0.313 e. The lowest BCUT2D eigenvalue weighted by molar-refractivity contribution is 0.677. The molecule has 0 aliphatic heterocycles. The number of para-hydroxylation sites is 1. The van der Waals surface area contributed by atoms with Gasteiger partial charge in [0, 0.05) is 18.1 Å². The van der Waals surface area contributed by atoms with Crippen LogP contribution < -0.4 is 5.32 Å². The van der Waals surface area contributed by atoms with E-state index in [2.05, 4.69) is 51.5 Å². The smallest absolute Gasteiger partial charge is 0.154 e. The van der Waals surface area contributed by atoms with Crippen LogP contribution in [0.25, 0.3) is 16.7 Å². The minimum atomic E-state index is 0.840. The van der Waals surface area contributed by atoms with Crippen molar-refractivity contribution >= 4 is 26.8 Å². The molecule has 0 fully saturated rings. The Labute approximate surface area is 132 Å². The lowest BCUT2D eigenvalue weighted by Crippen LogP contribution is -2.14. The molecule has 5 heteroatoms. The lowest BCUT2D eigenvalue weighted by atomic mass is 10.1. The quantitative estimate of drug-likeness (QED) is 0.718. The Bertz CT molecular complexity index is 751. The van der Waals surface area contributed by atoms with Gasteiger partial charge in [-0.1, -0.05) is 25.1 Å². The number of hydrogen-bond acceptors (Lipinski definition) is 3. The lowest BCUT2D eigenvalue weighted by Gasteiger charge is -2.10. The van der Waals surface area contributed by atoms with E-state index in [4.69, 9.17) is 4.98 Å². The third-order valence-electron chi connectivity index (χ3n) is 3.32. The van der Waals surface area contributed by atoms with E-state index in [-0.39, 0.29) is 0 Å². The van der Waals surface area contributed by atoms with Crippen LogP contribution in [-0.2, 0) is 6.54 Å². The highest BCUT2D eigenvalue weighted by Gasteiger charge is 2.07. The Morgan fingerprint density at radius 1 is 1.29 bits per heavy atom. The van der Waals surface area contributed by atoms with Crippen molar-refractivity contribution in [3.63, 3.8) is 0 Å². The predicted molar refractivity (Wildman–Crippen MR) is 88.6 cm³/mol. The number of hydrogen-bond donors (Lipinski definition) is 1. The van der Waals surface area contributed by atoms with Crippen LogP contribution >= 0.6 is 15.9 Å². The van der Waals surface area contributed by atoms with Crippen molar-refractivity contribution in [2.75, 3.05) is 6.54 Å². The van der Waals surface area contributed by atoms with Gasteiger partial charge in [0.1, 0.15) is 0 Å². The number of aromatic nitrogens is 3. The zero-order valence-corrected chi connectivity index (χ0v) is 13.5. The normalized spacial score (nSPS) is 11.1. The summed E-state index contributed by atoms with van der Waals surface area (Å²) in [5.74, 6) is 0.840. The van der Waals surface area contributed by atoms with E-state index in [0.29, 0.717) is 0 Å². The van der Waals surface area contributed by atoms with Crippen LogP contribution in [0.2, 0.25) is 0 Å². The Morgan fingerprint density at radius 3 is 2.90 bits per heavy atom. The van der Waals surface area contributed by atoms with E-state index >= 15 is 0 Å². The molecule has 21 heavy (non-hydrogen) atoms. The third-order valence-corrected chi connectivity index (χ3v) is 3.73. The SMILES string of the molecule is CCCNCc1cc(-n2cc(Br)cn2)nc2ccccc12. The summed E-state index contributed by atoms with van der Waals surface area (Å²) in [6, 6.07) is 10.3. The molecule has 0 radical (unpaired) electrons. The number of halogens is 1. The van der Waals surface area contributed by atoms with Gasteiger partial charge >= 0.3 is 0 Å². The summed E-state index contributed by atoms with van der Waals surface area (Å²) < 4.78 is 2.74. The van der Waals surface area contributed by atoms with Gasteiger partial charge in [0.25, 0.3) is 0 Å². The van der Waals surface area contributed by atoms with Crippen molar-refractivity contribution in [3.8, 4) is 5.82 Å². The first-order chi connectivity index (χ1) is 10.3. The van der Waals surface area contributed by atoms with Crippen LogP contribution in [0.5, 0.6) is 0 Å². The van der Waals surface area contributed by atoms with Gasteiger partial charge in [0.15, 0.2) is 5.82 Å². The van der Waals surface area contributed by atoms with Gasteiger partial charge in [-0.25, -0.2) is 9.67 Å². The number of rotatable bonds is 5. The monoisotopic (exact) mass is 344 g/mol. The molecule has 108 valence electrons. The first-order valence-electron chi connectivity index (χ1n) is 7.08. The molecule has 0 aliphatic carbocycles. The fourth-order valence-electron chi connectivity index (χ4n) is 2.32. The molecule has 0 aliphatic rings. The first-order valence-corrected chi connectivity index (χ1v) is 7.87. The molecule has 1 aromatic carbocycles. The molecule has 0 bridgehead atoms. The predicted octanol–water partition coefficient (Wildman–Crippen LogP) is 3.68. The Hall–Kier alpha value is -1.72. The number of fused-ring (bicyclic) bond motifs is 1. The highest BCUT2D eigenvalue weighted by Crippen LogP contribution is 2.21. The summed E-state index contributed by atoms with van der Waals surface area (Å²) in [5.41, 5.74) is 2.24. The van der Waals surface area contributed by atoms with Gasteiger partial charge in [0.05, 0.1) is 16.2 Å². The maximum Gasteiger partial charge on any atom is 0.154 e. The molecule has 0 spiro atoms. The molecule has 2 heterocycles. The summed E-state index contributed by atoms with van der Waals surface area (Å²) in [4.78, 5) is 4.70. The van der Waals surface area contributed by atoms with Crippen molar-refractivity contribution in [2.45, 2.75) is 19.9 Å². The van der Waals surface area contributed by atoms with E-state index in [1.807, 2.05) is 18.3 Å². The van der Waals surface area contributed by atoms with Gasteiger partial charge in [-0.3, -0.25) is 0 Å². The van der Waals surface area contributed by atoms with Crippen LogP contribution in [0.1, 0.15) is 18.9 Å². The zero-order valence-electron chi connectivity index (χ0n) is 11.9. The largest absolute Gasteiger partial charge is 0.313 e. The van der Waals surface area contributed by atoms with Crippen molar-refractivity contribution in [3.05, 3.63) is 52.8 Å². The second kappa shape index (κ2) is 6.37. The van der Waals surface area contributed by atoms with Gasteiger partial charge in [0.2, 0.25) is 0 Å². The summed E-state index contributed by atoms with van der Waals surface area (Å²) >= 11 is 3.43. The topological polar surface area (TPSA) is 42.7 Å². The summed E-state index contributed by atoms with van der Waals surface area (Å²) in [5, 5.41) is 8.97. The maximum absolute atomic E-state index is 4.70. The van der Waals surface area contributed by atoms with Crippen LogP contribution in [0.15, 0.2) is 47.2 Å². The summed E-state index contributed by atoms with van der Waals surface area (Å²) in [7, 11) is 0. The highest BCUT2D eigenvalue weighted by atomic mass is 79.9. The molecule has 0 saturated heterocycles. The molecule has 0 amide bonds. The number of nitrogens with one attached hydrogen (secondary N) is 1. The second-order valence-corrected chi connectivity index (χ2v) is 5.85. The van der Waals surface area contributed by atoms with Crippen molar-refractivity contribution in [1.29, 1.82) is 0 Å². The van der Waals surface area contributed by atoms with Gasteiger partial charge < -0.3 is 5.32 Å². The number of nitrogens with zero attached hydrogens (tertiary/aromatic N) is 3. The standard InChI is InChI=1S/C16H17BrN4/c1-2-7-18-9-12-8-16(21-11-13(17)10-19-21)20-15-6-4-3-5-14(12)15/h3-6,8,10-11,18H,2,7,9H2,1H3. The van der Waals surface area contributed by atoms with E-state index < -0.39 is 0 Å². The zero-order chi connectivity index (χ0) is 14.7. The molecular weight excluding hydrogens is 328 g/mol. The molecule has 4 nitrogen and oxygen atoms in total. The molecular formula is C16H17BrN4. The molecule has 0 saturated carbocycles. The Balaban J connectivity index is 2.05. The summed E-state index contributed by atoms with van der Waals surface area (Å²) in [6.45, 7) is 4.02.